The van der Waals surface area contributed by atoms with Gasteiger partial charge in [-0.15, -0.1) is 0 Å². The summed E-state index contributed by atoms with van der Waals surface area (Å²) in [5, 5.41) is 7.73. The normalized spacial score (nSPS) is 15.7. The minimum Gasteiger partial charge on any atom is -0.351 e. The lowest BCUT2D eigenvalue weighted by molar-refractivity contribution is 0.377. The molecule has 2 N–H and O–H groups in total. The van der Waals surface area contributed by atoms with Crippen molar-refractivity contribution < 1.29 is 0 Å². The molecule has 0 atom stereocenters. The molecule has 1 fully saturated rings. The number of halogens is 1. The van der Waals surface area contributed by atoms with E-state index in [0.29, 0.717) is 12.6 Å². The summed E-state index contributed by atoms with van der Waals surface area (Å²) in [5.74, 6) is 0.933. The van der Waals surface area contributed by atoms with Gasteiger partial charge >= 0.3 is 0 Å². The first-order chi connectivity index (χ1) is 11.8. The zero-order chi connectivity index (χ0) is 16.4. The first-order valence-corrected chi connectivity index (χ1v) is 8.85. The molecular formula is C19H21ClN4. The van der Waals surface area contributed by atoms with Gasteiger partial charge in [-0.25, -0.2) is 4.98 Å². The lowest BCUT2D eigenvalue weighted by Gasteiger charge is -2.26. The van der Waals surface area contributed by atoms with Gasteiger partial charge in [-0.2, -0.15) is 0 Å². The minimum atomic E-state index is 0.479. The highest BCUT2D eigenvalue weighted by molar-refractivity contribution is 6.31. The van der Waals surface area contributed by atoms with Crippen molar-refractivity contribution >= 4 is 28.6 Å². The summed E-state index contributed by atoms with van der Waals surface area (Å²) in [7, 11) is 0. The highest BCUT2D eigenvalue weighted by atomic mass is 35.5. The van der Waals surface area contributed by atoms with Gasteiger partial charge in [-0.05, 0) is 49.7 Å². The van der Waals surface area contributed by atoms with Crippen LogP contribution in [0.15, 0.2) is 48.5 Å². The smallest absolute Gasteiger partial charge is 0.204 e. The molecule has 1 aliphatic heterocycles. The van der Waals surface area contributed by atoms with Crippen molar-refractivity contribution in [1.82, 2.24) is 14.9 Å². The van der Waals surface area contributed by atoms with E-state index in [1.807, 2.05) is 30.3 Å². The molecule has 0 aliphatic carbocycles. The average molecular weight is 341 g/mol. The van der Waals surface area contributed by atoms with Crippen molar-refractivity contribution in [3.63, 3.8) is 0 Å². The zero-order valence-electron chi connectivity index (χ0n) is 13.5. The second-order valence-electron chi connectivity index (χ2n) is 6.22. The van der Waals surface area contributed by atoms with E-state index in [-0.39, 0.29) is 0 Å². The number of imidazole rings is 1. The topological polar surface area (TPSA) is 41.9 Å². The third-order valence-electron chi connectivity index (χ3n) is 4.66. The molecule has 0 bridgehead atoms. The monoisotopic (exact) mass is 340 g/mol. The molecule has 4 nitrogen and oxygen atoms in total. The van der Waals surface area contributed by atoms with Crippen molar-refractivity contribution in [2.45, 2.75) is 25.4 Å². The molecule has 1 saturated heterocycles. The van der Waals surface area contributed by atoms with Gasteiger partial charge in [0.15, 0.2) is 0 Å². The molecule has 0 saturated carbocycles. The molecule has 2 heterocycles. The van der Waals surface area contributed by atoms with Gasteiger partial charge in [0.05, 0.1) is 11.0 Å². The van der Waals surface area contributed by atoms with Crippen LogP contribution < -0.4 is 10.6 Å². The van der Waals surface area contributed by atoms with Gasteiger partial charge < -0.3 is 15.2 Å². The fourth-order valence-corrected chi connectivity index (χ4v) is 3.62. The minimum absolute atomic E-state index is 0.479. The summed E-state index contributed by atoms with van der Waals surface area (Å²) in [6, 6.07) is 16.8. The Morgan fingerprint density at radius 2 is 1.83 bits per heavy atom. The van der Waals surface area contributed by atoms with Crippen LogP contribution in [-0.4, -0.2) is 22.6 Å². The van der Waals surface area contributed by atoms with E-state index in [4.69, 9.17) is 16.6 Å². The number of nitrogens with one attached hydrogen (secondary N) is 2. The van der Waals surface area contributed by atoms with Gasteiger partial charge in [-0.3, -0.25) is 0 Å². The first-order valence-electron chi connectivity index (χ1n) is 8.48. The molecule has 0 unspecified atom stereocenters. The molecule has 0 amide bonds. The molecule has 1 aliphatic rings. The quantitative estimate of drug-likeness (QED) is 0.747. The number of fused-ring (bicyclic) bond motifs is 1. The third kappa shape index (κ3) is 2.99. The van der Waals surface area contributed by atoms with Gasteiger partial charge in [0.25, 0.3) is 0 Å². The van der Waals surface area contributed by atoms with E-state index in [0.717, 1.165) is 48.0 Å². The van der Waals surface area contributed by atoms with Crippen molar-refractivity contribution in [2.75, 3.05) is 18.4 Å². The Kier molecular flexibility index (Phi) is 4.41. The number of anilines is 1. The Labute approximate surface area is 146 Å². The maximum absolute atomic E-state index is 6.28. The predicted molar refractivity (Wildman–Crippen MR) is 99.7 cm³/mol. The number of rotatable bonds is 4. The summed E-state index contributed by atoms with van der Waals surface area (Å²) < 4.78 is 2.37. The van der Waals surface area contributed by atoms with Crippen molar-refractivity contribution in [3.8, 4) is 0 Å². The highest BCUT2D eigenvalue weighted by Gasteiger charge is 2.21. The molecule has 1 aromatic heterocycles. The highest BCUT2D eigenvalue weighted by Crippen LogP contribution is 2.30. The molecule has 5 heteroatoms. The van der Waals surface area contributed by atoms with Crippen LogP contribution >= 0.6 is 11.6 Å². The molecule has 0 radical (unpaired) electrons. The van der Waals surface area contributed by atoms with Crippen LogP contribution in [-0.2, 0) is 6.54 Å². The average Bonchev–Trinajstić information content (AvgIpc) is 3.00. The largest absolute Gasteiger partial charge is 0.351 e. The Bertz CT molecular complexity index is 836. The van der Waals surface area contributed by atoms with Crippen LogP contribution in [0.3, 0.4) is 0 Å². The zero-order valence-corrected chi connectivity index (χ0v) is 14.3. The maximum atomic E-state index is 6.28. The van der Waals surface area contributed by atoms with Crippen LogP contribution in [0.2, 0.25) is 5.02 Å². The summed E-state index contributed by atoms with van der Waals surface area (Å²) in [5.41, 5.74) is 3.33. The molecule has 2 aromatic carbocycles. The van der Waals surface area contributed by atoms with Gasteiger partial charge in [-0.1, -0.05) is 41.9 Å². The molecule has 4 rings (SSSR count). The van der Waals surface area contributed by atoms with Crippen molar-refractivity contribution in [2.24, 2.45) is 0 Å². The molecule has 0 spiro atoms. The Morgan fingerprint density at radius 3 is 2.67 bits per heavy atom. The number of nitrogens with zero attached hydrogens (tertiary/aromatic N) is 2. The van der Waals surface area contributed by atoms with Crippen LogP contribution in [0.4, 0.5) is 5.95 Å². The lowest BCUT2D eigenvalue weighted by atomic mass is 10.1. The SMILES string of the molecule is Clc1ccccc1CNc1nc2ccccc2n1C1CCNCC1. The fourth-order valence-electron chi connectivity index (χ4n) is 3.42. The van der Waals surface area contributed by atoms with Crippen LogP contribution in [0.1, 0.15) is 24.4 Å². The number of para-hydroxylation sites is 2. The van der Waals surface area contributed by atoms with Crippen LogP contribution in [0.25, 0.3) is 11.0 Å². The summed E-state index contributed by atoms with van der Waals surface area (Å²) in [6.45, 7) is 2.79. The number of piperidine rings is 1. The number of benzene rings is 2. The van der Waals surface area contributed by atoms with E-state index < -0.39 is 0 Å². The molecule has 124 valence electrons. The Balaban J connectivity index is 1.67. The fraction of sp³-hybridized carbons (Fsp3) is 0.316. The number of hydrogen-bond acceptors (Lipinski definition) is 3. The van der Waals surface area contributed by atoms with Crippen LogP contribution in [0, 0.1) is 0 Å². The van der Waals surface area contributed by atoms with E-state index >= 15 is 0 Å². The second-order valence-corrected chi connectivity index (χ2v) is 6.63. The van der Waals surface area contributed by atoms with Crippen molar-refractivity contribution in [3.05, 3.63) is 59.1 Å². The maximum Gasteiger partial charge on any atom is 0.204 e. The van der Waals surface area contributed by atoms with E-state index in [2.05, 4.69) is 33.4 Å². The van der Waals surface area contributed by atoms with Gasteiger partial charge in [0, 0.05) is 17.6 Å². The summed E-state index contributed by atoms with van der Waals surface area (Å²) >= 11 is 6.28. The molecule has 24 heavy (non-hydrogen) atoms. The Hall–Kier alpha value is -2.04. The Morgan fingerprint density at radius 1 is 1.08 bits per heavy atom. The van der Waals surface area contributed by atoms with E-state index in [1.54, 1.807) is 0 Å². The van der Waals surface area contributed by atoms with E-state index in [1.165, 1.54) is 5.52 Å². The number of aromatic nitrogens is 2. The number of hydrogen-bond donors (Lipinski definition) is 2. The molecular weight excluding hydrogens is 320 g/mol. The third-order valence-corrected chi connectivity index (χ3v) is 5.03. The first kappa shape index (κ1) is 15.5. The van der Waals surface area contributed by atoms with Gasteiger partial charge in [0.2, 0.25) is 5.95 Å². The predicted octanol–water partition coefficient (Wildman–Crippen LogP) is 4.23. The standard InChI is InChI=1S/C19H21ClN4/c20-16-6-2-1-5-14(16)13-22-19-23-17-7-3-4-8-18(17)24(19)15-9-11-21-12-10-15/h1-8,15,21H,9-13H2,(H,22,23). The lowest BCUT2D eigenvalue weighted by Crippen LogP contribution is -2.30. The van der Waals surface area contributed by atoms with Crippen molar-refractivity contribution in [1.29, 1.82) is 0 Å². The summed E-state index contributed by atoms with van der Waals surface area (Å²) in [6.07, 6.45) is 2.25. The molecule has 3 aromatic rings. The van der Waals surface area contributed by atoms with Crippen LogP contribution in [0.5, 0.6) is 0 Å². The van der Waals surface area contributed by atoms with E-state index in [9.17, 15) is 0 Å². The second kappa shape index (κ2) is 6.83. The van der Waals surface area contributed by atoms with Gasteiger partial charge in [0.1, 0.15) is 0 Å². The summed E-state index contributed by atoms with van der Waals surface area (Å²) in [4.78, 5) is 4.82.